The molecule has 1 aliphatic heterocycles. The fraction of sp³-hybridized carbons (Fsp3) is 0.200. The number of fused-ring (bicyclic) bond motifs is 1. The van der Waals surface area contributed by atoms with Gasteiger partial charge in [0.05, 0.1) is 29.5 Å². The summed E-state index contributed by atoms with van der Waals surface area (Å²) < 4.78 is 10.3. The van der Waals surface area contributed by atoms with Crippen LogP contribution in [0.5, 0.6) is 0 Å². The largest absolute Gasteiger partial charge is 0.467 e. The number of hydrogen-bond donors (Lipinski definition) is 1. The Morgan fingerprint density at radius 2 is 1.73 bits per heavy atom. The van der Waals surface area contributed by atoms with Crippen LogP contribution in [0, 0.1) is 0 Å². The third-order valence-corrected chi connectivity index (χ3v) is 5.30. The highest BCUT2D eigenvalue weighted by Crippen LogP contribution is 2.26. The SMILES string of the molecule is CC(C)c1ccc(NC(=O)COC(=O)c2ccc3c(c2)C(=O)N(Cc2ccco2)C3=O)cc1. The van der Waals surface area contributed by atoms with Crippen molar-refractivity contribution in [3.8, 4) is 0 Å². The van der Waals surface area contributed by atoms with Crippen molar-refractivity contribution in [2.75, 3.05) is 11.9 Å². The van der Waals surface area contributed by atoms with Crippen molar-refractivity contribution in [1.29, 1.82) is 0 Å². The van der Waals surface area contributed by atoms with Crippen molar-refractivity contribution < 1.29 is 28.3 Å². The monoisotopic (exact) mass is 446 g/mol. The average Bonchev–Trinajstić information content (AvgIpc) is 3.40. The molecule has 0 atom stereocenters. The number of anilines is 1. The molecule has 0 bridgehead atoms. The predicted octanol–water partition coefficient (Wildman–Crippen LogP) is 3.99. The molecule has 33 heavy (non-hydrogen) atoms. The third kappa shape index (κ3) is 4.69. The van der Waals surface area contributed by atoms with E-state index in [0.29, 0.717) is 17.4 Å². The first-order valence-corrected chi connectivity index (χ1v) is 10.4. The van der Waals surface area contributed by atoms with Gasteiger partial charge in [-0.25, -0.2) is 4.79 Å². The van der Waals surface area contributed by atoms with Gasteiger partial charge in [-0.15, -0.1) is 0 Å². The second-order valence-electron chi connectivity index (χ2n) is 7.94. The minimum absolute atomic E-state index is 0.00253. The molecule has 1 N–H and O–H groups in total. The maximum absolute atomic E-state index is 12.7. The molecule has 3 amide bonds. The standard InChI is InChI=1S/C25H22N2O6/c1-15(2)16-5-8-18(9-6-16)26-22(28)14-33-25(31)17-7-10-20-21(12-17)24(30)27(23(20)29)13-19-4-3-11-32-19/h3-12,15H,13-14H2,1-2H3,(H,26,28). The number of benzene rings is 2. The van der Waals surface area contributed by atoms with E-state index < -0.39 is 30.3 Å². The lowest BCUT2D eigenvalue weighted by Gasteiger charge is -2.11. The van der Waals surface area contributed by atoms with Crippen molar-refractivity contribution in [1.82, 2.24) is 4.90 Å². The summed E-state index contributed by atoms with van der Waals surface area (Å²) in [5.41, 5.74) is 2.12. The van der Waals surface area contributed by atoms with Crippen LogP contribution in [0.4, 0.5) is 5.69 Å². The van der Waals surface area contributed by atoms with E-state index in [2.05, 4.69) is 19.2 Å². The van der Waals surface area contributed by atoms with Crippen molar-refractivity contribution in [2.24, 2.45) is 0 Å². The zero-order chi connectivity index (χ0) is 23.5. The Kier molecular flexibility index (Phi) is 6.08. The molecule has 3 aromatic rings. The zero-order valence-corrected chi connectivity index (χ0v) is 18.2. The number of carbonyl (C=O) groups excluding carboxylic acids is 4. The highest BCUT2D eigenvalue weighted by Gasteiger charge is 2.36. The van der Waals surface area contributed by atoms with Crippen LogP contribution in [-0.4, -0.2) is 35.2 Å². The van der Waals surface area contributed by atoms with E-state index in [1.165, 1.54) is 24.5 Å². The number of nitrogens with one attached hydrogen (secondary N) is 1. The molecule has 0 saturated carbocycles. The van der Waals surface area contributed by atoms with Gasteiger partial charge in [-0.1, -0.05) is 26.0 Å². The number of nitrogens with zero attached hydrogens (tertiary/aromatic N) is 1. The topological polar surface area (TPSA) is 106 Å². The minimum Gasteiger partial charge on any atom is -0.467 e. The highest BCUT2D eigenvalue weighted by atomic mass is 16.5. The van der Waals surface area contributed by atoms with Crippen LogP contribution < -0.4 is 5.32 Å². The van der Waals surface area contributed by atoms with Gasteiger partial charge < -0.3 is 14.5 Å². The summed E-state index contributed by atoms with van der Waals surface area (Å²) in [7, 11) is 0. The molecule has 0 aliphatic carbocycles. The first-order chi connectivity index (χ1) is 15.8. The maximum Gasteiger partial charge on any atom is 0.338 e. The Balaban J connectivity index is 1.37. The molecular weight excluding hydrogens is 424 g/mol. The molecule has 4 rings (SSSR count). The fourth-order valence-electron chi connectivity index (χ4n) is 3.48. The van der Waals surface area contributed by atoms with E-state index in [-0.39, 0.29) is 23.2 Å². The third-order valence-electron chi connectivity index (χ3n) is 5.30. The second-order valence-corrected chi connectivity index (χ2v) is 7.94. The van der Waals surface area contributed by atoms with E-state index in [9.17, 15) is 19.2 Å². The molecule has 8 heteroatoms. The van der Waals surface area contributed by atoms with E-state index in [4.69, 9.17) is 9.15 Å². The number of ether oxygens (including phenoxy) is 1. The predicted molar refractivity (Wildman–Crippen MR) is 119 cm³/mol. The lowest BCUT2D eigenvalue weighted by atomic mass is 10.0. The minimum atomic E-state index is -0.771. The molecule has 0 radical (unpaired) electrons. The molecule has 1 aromatic heterocycles. The van der Waals surface area contributed by atoms with Gasteiger partial charge in [0.2, 0.25) is 0 Å². The van der Waals surface area contributed by atoms with Gasteiger partial charge in [0.1, 0.15) is 5.76 Å². The number of esters is 1. The summed E-state index contributed by atoms with van der Waals surface area (Å²) in [4.78, 5) is 50.9. The van der Waals surface area contributed by atoms with Crippen molar-refractivity contribution in [3.05, 3.63) is 88.9 Å². The lowest BCUT2D eigenvalue weighted by molar-refractivity contribution is -0.119. The Bertz CT molecular complexity index is 1210. The Labute approximate surface area is 190 Å². The van der Waals surface area contributed by atoms with E-state index >= 15 is 0 Å². The number of hydrogen-bond acceptors (Lipinski definition) is 6. The van der Waals surface area contributed by atoms with Crippen LogP contribution in [-0.2, 0) is 16.1 Å². The second kappa shape index (κ2) is 9.12. The van der Waals surface area contributed by atoms with E-state index in [1.54, 1.807) is 24.3 Å². The maximum atomic E-state index is 12.7. The quantitative estimate of drug-likeness (QED) is 0.434. The van der Waals surface area contributed by atoms with Gasteiger partial charge in [-0.2, -0.15) is 0 Å². The number of amides is 3. The Morgan fingerprint density at radius 1 is 1.00 bits per heavy atom. The smallest absolute Gasteiger partial charge is 0.338 e. The van der Waals surface area contributed by atoms with Crippen LogP contribution in [0.25, 0.3) is 0 Å². The summed E-state index contributed by atoms with van der Waals surface area (Å²) in [6.45, 7) is 3.66. The molecule has 8 nitrogen and oxygen atoms in total. The van der Waals surface area contributed by atoms with Gasteiger partial charge in [0.15, 0.2) is 6.61 Å². The average molecular weight is 446 g/mol. The van der Waals surface area contributed by atoms with Crippen LogP contribution >= 0.6 is 0 Å². The number of imide groups is 1. The number of furan rings is 1. The van der Waals surface area contributed by atoms with Crippen LogP contribution in [0.15, 0.2) is 65.3 Å². The van der Waals surface area contributed by atoms with Gasteiger partial charge in [0, 0.05) is 5.69 Å². The van der Waals surface area contributed by atoms with Crippen molar-refractivity contribution >= 4 is 29.4 Å². The zero-order valence-electron chi connectivity index (χ0n) is 18.2. The molecule has 168 valence electrons. The molecule has 0 fully saturated rings. The summed E-state index contributed by atoms with van der Waals surface area (Å²) in [5.74, 6) is -1.40. The number of carbonyl (C=O) groups is 4. The van der Waals surface area contributed by atoms with E-state index in [1.807, 2.05) is 12.1 Å². The molecule has 0 saturated heterocycles. The van der Waals surface area contributed by atoms with Crippen molar-refractivity contribution in [3.63, 3.8) is 0 Å². The molecule has 2 aromatic carbocycles. The van der Waals surface area contributed by atoms with Crippen molar-refractivity contribution in [2.45, 2.75) is 26.3 Å². The summed E-state index contributed by atoms with van der Waals surface area (Å²) in [5, 5.41) is 2.67. The fourth-order valence-corrected chi connectivity index (χ4v) is 3.48. The summed E-state index contributed by atoms with van der Waals surface area (Å²) in [6, 6.07) is 14.8. The molecule has 1 aliphatic rings. The Hall–Kier alpha value is -4.20. The van der Waals surface area contributed by atoms with Crippen LogP contribution in [0.3, 0.4) is 0 Å². The normalized spacial score (nSPS) is 12.8. The first-order valence-electron chi connectivity index (χ1n) is 10.4. The van der Waals surface area contributed by atoms with E-state index in [0.717, 1.165) is 10.5 Å². The highest BCUT2D eigenvalue weighted by molar-refractivity contribution is 6.21. The molecule has 0 unspecified atom stereocenters. The van der Waals surface area contributed by atoms with Gasteiger partial charge in [-0.05, 0) is 53.9 Å². The van der Waals surface area contributed by atoms with Gasteiger partial charge in [-0.3, -0.25) is 19.3 Å². The molecular formula is C25H22N2O6. The van der Waals surface area contributed by atoms with Crippen LogP contribution in [0.2, 0.25) is 0 Å². The molecule has 0 spiro atoms. The Morgan fingerprint density at radius 3 is 2.39 bits per heavy atom. The first kappa shape index (κ1) is 22.0. The summed E-state index contributed by atoms with van der Waals surface area (Å²) >= 11 is 0. The lowest BCUT2D eigenvalue weighted by Crippen LogP contribution is -2.28. The summed E-state index contributed by atoms with van der Waals surface area (Å²) in [6.07, 6.45) is 1.46. The number of rotatable bonds is 7. The van der Waals surface area contributed by atoms with Crippen LogP contribution in [0.1, 0.15) is 62.2 Å². The van der Waals surface area contributed by atoms with Gasteiger partial charge in [0.25, 0.3) is 17.7 Å². The van der Waals surface area contributed by atoms with Gasteiger partial charge >= 0.3 is 5.97 Å². The molecule has 2 heterocycles.